The van der Waals surface area contributed by atoms with E-state index in [0.717, 1.165) is 13.0 Å². The van der Waals surface area contributed by atoms with Crippen molar-refractivity contribution < 1.29 is 14.4 Å². The molecule has 0 saturated carbocycles. The Hall–Kier alpha value is -1.59. The molecule has 0 aromatic rings. The third-order valence-electron chi connectivity index (χ3n) is 3.40. The molecule has 2 unspecified atom stereocenters. The van der Waals surface area contributed by atoms with Crippen LogP contribution in [-0.4, -0.2) is 48.3 Å². The molecule has 2 heterocycles. The van der Waals surface area contributed by atoms with Crippen molar-refractivity contribution in [3.63, 3.8) is 0 Å². The number of rotatable bonds is 4. The Labute approximate surface area is 106 Å². The van der Waals surface area contributed by atoms with Crippen molar-refractivity contribution in [2.24, 2.45) is 5.92 Å². The highest BCUT2D eigenvalue weighted by Crippen LogP contribution is 2.11. The predicted molar refractivity (Wildman–Crippen MR) is 64.5 cm³/mol. The third kappa shape index (κ3) is 3.00. The first kappa shape index (κ1) is 12.9. The van der Waals surface area contributed by atoms with E-state index in [2.05, 4.69) is 10.6 Å². The molecule has 2 N–H and O–H groups in total. The summed E-state index contributed by atoms with van der Waals surface area (Å²) in [6, 6.07) is -0.0738. The van der Waals surface area contributed by atoms with Gasteiger partial charge in [0.1, 0.15) is 0 Å². The molecule has 0 radical (unpaired) electrons. The van der Waals surface area contributed by atoms with E-state index in [1.54, 1.807) is 4.90 Å². The highest BCUT2D eigenvalue weighted by atomic mass is 16.2. The maximum Gasteiger partial charge on any atom is 0.225 e. The standard InChI is InChI=1S/C12H19N3O3/c1-8(7-15-4-2-3-11(15)17)14-12(18)9-5-10(16)13-6-9/h8-9H,2-7H2,1H3,(H,13,16)(H,14,18). The Balaban J connectivity index is 1.76. The molecule has 6 heteroatoms. The average molecular weight is 253 g/mol. The second kappa shape index (κ2) is 5.37. The van der Waals surface area contributed by atoms with Crippen LogP contribution < -0.4 is 10.6 Å². The number of hydrogen-bond acceptors (Lipinski definition) is 3. The van der Waals surface area contributed by atoms with E-state index in [9.17, 15) is 14.4 Å². The number of hydrogen-bond donors (Lipinski definition) is 2. The van der Waals surface area contributed by atoms with E-state index < -0.39 is 0 Å². The van der Waals surface area contributed by atoms with Crippen LogP contribution in [0.25, 0.3) is 0 Å². The van der Waals surface area contributed by atoms with Gasteiger partial charge < -0.3 is 15.5 Å². The number of likely N-dealkylation sites (tertiary alicyclic amines) is 1. The lowest BCUT2D eigenvalue weighted by Crippen LogP contribution is -2.44. The lowest BCUT2D eigenvalue weighted by atomic mass is 10.1. The Morgan fingerprint density at radius 1 is 1.56 bits per heavy atom. The van der Waals surface area contributed by atoms with Gasteiger partial charge in [0, 0.05) is 38.5 Å². The molecular weight excluding hydrogens is 234 g/mol. The molecule has 18 heavy (non-hydrogen) atoms. The first-order chi connectivity index (χ1) is 8.56. The number of carbonyl (C=O) groups excluding carboxylic acids is 3. The summed E-state index contributed by atoms with van der Waals surface area (Å²) in [7, 11) is 0. The van der Waals surface area contributed by atoms with Crippen LogP contribution in [0.3, 0.4) is 0 Å². The quantitative estimate of drug-likeness (QED) is 0.692. The first-order valence-electron chi connectivity index (χ1n) is 6.41. The van der Waals surface area contributed by atoms with Gasteiger partial charge in [-0.3, -0.25) is 14.4 Å². The van der Waals surface area contributed by atoms with Crippen molar-refractivity contribution in [3.8, 4) is 0 Å². The lowest BCUT2D eigenvalue weighted by Gasteiger charge is -2.22. The summed E-state index contributed by atoms with van der Waals surface area (Å²) in [5.41, 5.74) is 0. The predicted octanol–water partition coefficient (Wildman–Crippen LogP) is -0.750. The van der Waals surface area contributed by atoms with Gasteiger partial charge in [-0.25, -0.2) is 0 Å². The van der Waals surface area contributed by atoms with E-state index in [1.807, 2.05) is 6.92 Å². The highest BCUT2D eigenvalue weighted by molar-refractivity contribution is 5.89. The smallest absolute Gasteiger partial charge is 0.225 e. The Morgan fingerprint density at radius 2 is 2.33 bits per heavy atom. The number of nitrogens with one attached hydrogen (secondary N) is 2. The van der Waals surface area contributed by atoms with Gasteiger partial charge in [-0.15, -0.1) is 0 Å². The molecule has 2 aliphatic rings. The third-order valence-corrected chi connectivity index (χ3v) is 3.40. The number of amides is 3. The van der Waals surface area contributed by atoms with Gasteiger partial charge in [0.2, 0.25) is 17.7 Å². The Bertz CT molecular complexity index is 370. The largest absolute Gasteiger partial charge is 0.355 e. The average Bonchev–Trinajstić information content (AvgIpc) is 2.89. The summed E-state index contributed by atoms with van der Waals surface area (Å²) < 4.78 is 0. The monoisotopic (exact) mass is 253 g/mol. The molecule has 0 aliphatic carbocycles. The zero-order valence-electron chi connectivity index (χ0n) is 10.6. The maximum atomic E-state index is 11.8. The Kier molecular flexibility index (Phi) is 3.84. The normalized spacial score (nSPS) is 25.2. The van der Waals surface area contributed by atoms with Crippen LogP contribution in [0.15, 0.2) is 0 Å². The summed E-state index contributed by atoms with van der Waals surface area (Å²) in [6.07, 6.45) is 1.78. The number of carbonyl (C=O) groups is 3. The molecule has 0 bridgehead atoms. The minimum absolute atomic E-state index is 0.0717. The van der Waals surface area contributed by atoms with E-state index in [4.69, 9.17) is 0 Å². The van der Waals surface area contributed by atoms with Crippen LogP contribution in [0.4, 0.5) is 0 Å². The van der Waals surface area contributed by atoms with Crippen LogP contribution in [0.2, 0.25) is 0 Å². The second-order valence-electron chi connectivity index (χ2n) is 5.06. The van der Waals surface area contributed by atoms with E-state index in [-0.39, 0.29) is 36.1 Å². The molecule has 0 aromatic heterocycles. The maximum absolute atomic E-state index is 11.8. The van der Waals surface area contributed by atoms with Crippen LogP contribution in [-0.2, 0) is 14.4 Å². The van der Waals surface area contributed by atoms with Gasteiger partial charge in [-0.05, 0) is 13.3 Å². The minimum Gasteiger partial charge on any atom is -0.355 e. The summed E-state index contributed by atoms with van der Waals surface area (Å²) in [5.74, 6) is -0.284. The van der Waals surface area contributed by atoms with Gasteiger partial charge >= 0.3 is 0 Å². The summed E-state index contributed by atoms with van der Waals surface area (Å²) >= 11 is 0. The van der Waals surface area contributed by atoms with Crippen molar-refractivity contribution in [1.82, 2.24) is 15.5 Å². The fourth-order valence-corrected chi connectivity index (χ4v) is 2.42. The van der Waals surface area contributed by atoms with E-state index >= 15 is 0 Å². The van der Waals surface area contributed by atoms with Crippen molar-refractivity contribution in [1.29, 1.82) is 0 Å². The molecular formula is C12H19N3O3. The fourth-order valence-electron chi connectivity index (χ4n) is 2.42. The Morgan fingerprint density at radius 3 is 2.89 bits per heavy atom. The van der Waals surface area contributed by atoms with Crippen LogP contribution in [0.1, 0.15) is 26.2 Å². The molecule has 3 amide bonds. The van der Waals surface area contributed by atoms with Crippen LogP contribution in [0, 0.1) is 5.92 Å². The van der Waals surface area contributed by atoms with Gasteiger partial charge in [-0.1, -0.05) is 0 Å². The molecule has 2 rings (SSSR count). The van der Waals surface area contributed by atoms with Crippen LogP contribution in [0.5, 0.6) is 0 Å². The molecule has 0 aromatic carbocycles. The molecule has 0 spiro atoms. The summed E-state index contributed by atoms with van der Waals surface area (Å²) in [4.78, 5) is 36.1. The van der Waals surface area contributed by atoms with Crippen LogP contribution >= 0.6 is 0 Å². The van der Waals surface area contributed by atoms with E-state index in [1.165, 1.54) is 0 Å². The second-order valence-corrected chi connectivity index (χ2v) is 5.06. The van der Waals surface area contributed by atoms with Gasteiger partial charge in [0.25, 0.3) is 0 Å². The highest BCUT2D eigenvalue weighted by Gasteiger charge is 2.29. The summed E-state index contributed by atoms with van der Waals surface area (Å²) in [6.45, 7) is 3.63. The summed E-state index contributed by atoms with van der Waals surface area (Å²) in [5, 5.41) is 5.50. The zero-order chi connectivity index (χ0) is 13.1. The fraction of sp³-hybridized carbons (Fsp3) is 0.750. The van der Waals surface area contributed by atoms with Crippen molar-refractivity contribution in [3.05, 3.63) is 0 Å². The zero-order valence-corrected chi connectivity index (χ0v) is 10.6. The minimum atomic E-state index is -0.269. The molecule has 6 nitrogen and oxygen atoms in total. The van der Waals surface area contributed by atoms with Crippen molar-refractivity contribution in [2.75, 3.05) is 19.6 Å². The van der Waals surface area contributed by atoms with Crippen molar-refractivity contribution in [2.45, 2.75) is 32.2 Å². The lowest BCUT2D eigenvalue weighted by molar-refractivity contribution is -0.130. The molecule has 2 atom stereocenters. The molecule has 2 aliphatic heterocycles. The molecule has 2 fully saturated rings. The van der Waals surface area contributed by atoms with Gasteiger partial charge in [0.15, 0.2) is 0 Å². The van der Waals surface area contributed by atoms with Gasteiger partial charge in [-0.2, -0.15) is 0 Å². The SMILES string of the molecule is CC(CN1CCCC1=O)NC(=O)C1CNC(=O)C1. The van der Waals surface area contributed by atoms with Gasteiger partial charge in [0.05, 0.1) is 5.92 Å². The molecule has 100 valence electrons. The first-order valence-corrected chi connectivity index (χ1v) is 6.41. The van der Waals surface area contributed by atoms with E-state index in [0.29, 0.717) is 19.5 Å². The van der Waals surface area contributed by atoms with Crippen molar-refractivity contribution >= 4 is 17.7 Å². The molecule has 2 saturated heterocycles. The number of nitrogens with zero attached hydrogens (tertiary/aromatic N) is 1. The topological polar surface area (TPSA) is 78.5 Å².